The van der Waals surface area contributed by atoms with Gasteiger partial charge in [0.1, 0.15) is 17.0 Å². The Bertz CT molecular complexity index is 1400. The highest BCUT2D eigenvalue weighted by molar-refractivity contribution is 7.17. The number of nitrogens with zero attached hydrogens (tertiary/aromatic N) is 2. The van der Waals surface area contributed by atoms with Gasteiger partial charge in [-0.2, -0.15) is 0 Å². The molecule has 0 aliphatic rings. The van der Waals surface area contributed by atoms with Crippen LogP contribution in [-0.4, -0.2) is 22.2 Å². The summed E-state index contributed by atoms with van der Waals surface area (Å²) in [4.78, 5) is 39.2. The quantitative estimate of drug-likeness (QED) is 0.520. The van der Waals surface area contributed by atoms with E-state index in [-0.39, 0.29) is 18.0 Å². The van der Waals surface area contributed by atoms with E-state index >= 15 is 0 Å². The minimum atomic E-state index is -0.547. The molecule has 2 aromatic heterocycles. The number of anilines is 1. The van der Waals surface area contributed by atoms with Crippen LogP contribution in [-0.2, 0) is 11.3 Å². The minimum absolute atomic E-state index is 0.219. The number of ether oxygens (including phenoxy) is 1. The highest BCUT2D eigenvalue weighted by atomic mass is 32.1. The molecule has 1 amide bonds. The molecule has 158 valence electrons. The van der Waals surface area contributed by atoms with Crippen LogP contribution < -0.4 is 21.3 Å². The molecule has 0 radical (unpaired) electrons. The number of nitrogens with one attached hydrogen (secondary N) is 1. The number of amides is 1. The summed E-state index contributed by atoms with van der Waals surface area (Å²) in [5.41, 5.74) is 2.37. The Morgan fingerprint density at radius 2 is 1.81 bits per heavy atom. The van der Waals surface area contributed by atoms with Gasteiger partial charge >= 0.3 is 5.69 Å². The number of carbonyl (C=O) groups is 1. The first kappa shape index (κ1) is 20.6. The molecule has 0 saturated carbocycles. The second kappa shape index (κ2) is 8.23. The molecule has 0 unspecified atom stereocenters. The maximum Gasteiger partial charge on any atom is 0.336 e. The summed E-state index contributed by atoms with van der Waals surface area (Å²) in [5.74, 6) is 0.306. The summed E-state index contributed by atoms with van der Waals surface area (Å²) in [6.45, 7) is 3.53. The Balaban J connectivity index is 1.78. The molecular weight excluding hydrogens is 414 g/mol. The number of carbonyl (C=O) groups excluding carboxylic acids is 1. The Labute approximate surface area is 182 Å². The zero-order valence-corrected chi connectivity index (χ0v) is 18.2. The van der Waals surface area contributed by atoms with E-state index in [1.807, 2.05) is 26.0 Å². The third-order valence-electron chi connectivity index (χ3n) is 5.04. The lowest BCUT2D eigenvalue weighted by Gasteiger charge is -2.14. The third-order valence-corrected chi connectivity index (χ3v) is 5.93. The molecular formula is C23H21N3O4S. The number of aryl methyl sites for hydroxylation is 2. The fraction of sp³-hybridized carbons (Fsp3) is 0.174. The molecule has 4 aromatic rings. The van der Waals surface area contributed by atoms with Gasteiger partial charge in [-0.3, -0.25) is 14.2 Å². The largest absolute Gasteiger partial charge is 0.497 e. The SMILES string of the molecule is COc1ccc(NC(=O)Cn2c(=O)n(-c3cc(C)ccc3C)c(=O)c3sccc32)cc1. The van der Waals surface area contributed by atoms with Crippen LogP contribution in [0, 0.1) is 13.8 Å². The van der Waals surface area contributed by atoms with Crippen molar-refractivity contribution in [3.05, 3.63) is 85.9 Å². The van der Waals surface area contributed by atoms with Gasteiger partial charge in [0.2, 0.25) is 5.91 Å². The average Bonchev–Trinajstić information content (AvgIpc) is 3.24. The van der Waals surface area contributed by atoms with Crippen molar-refractivity contribution in [3.63, 3.8) is 0 Å². The van der Waals surface area contributed by atoms with Crippen molar-refractivity contribution in [2.45, 2.75) is 20.4 Å². The van der Waals surface area contributed by atoms with Crippen molar-refractivity contribution >= 4 is 33.1 Å². The van der Waals surface area contributed by atoms with E-state index in [9.17, 15) is 14.4 Å². The highest BCUT2D eigenvalue weighted by Crippen LogP contribution is 2.19. The normalized spacial score (nSPS) is 10.9. The third kappa shape index (κ3) is 3.89. The van der Waals surface area contributed by atoms with Crippen molar-refractivity contribution in [1.29, 1.82) is 0 Å². The standard InChI is InChI=1S/C23H21N3O4S/c1-14-4-5-15(2)19(12-14)26-22(28)21-18(10-11-31-21)25(23(26)29)13-20(27)24-16-6-8-17(30-3)9-7-16/h4-12H,13H2,1-3H3,(H,24,27). The zero-order chi connectivity index (χ0) is 22.1. The van der Waals surface area contributed by atoms with Gasteiger partial charge in [-0.25, -0.2) is 9.36 Å². The van der Waals surface area contributed by atoms with Crippen molar-refractivity contribution < 1.29 is 9.53 Å². The van der Waals surface area contributed by atoms with Gasteiger partial charge in [-0.1, -0.05) is 12.1 Å². The molecule has 31 heavy (non-hydrogen) atoms. The van der Waals surface area contributed by atoms with Gasteiger partial charge in [0.05, 0.1) is 18.3 Å². The first-order chi connectivity index (χ1) is 14.9. The molecule has 2 heterocycles. The molecule has 0 fully saturated rings. The molecule has 7 nitrogen and oxygen atoms in total. The number of thiophene rings is 1. The second-order valence-corrected chi connectivity index (χ2v) is 8.13. The van der Waals surface area contributed by atoms with Gasteiger partial charge in [0.15, 0.2) is 0 Å². The summed E-state index contributed by atoms with van der Waals surface area (Å²) in [5, 5.41) is 4.53. The number of fused-ring (bicyclic) bond motifs is 1. The van der Waals surface area contributed by atoms with Gasteiger partial charge in [0.25, 0.3) is 5.56 Å². The lowest BCUT2D eigenvalue weighted by Crippen LogP contribution is -2.40. The van der Waals surface area contributed by atoms with Crippen LogP contribution in [0.2, 0.25) is 0 Å². The van der Waals surface area contributed by atoms with E-state index in [1.54, 1.807) is 48.9 Å². The molecule has 8 heteroatoms. The molecule has 0 saturated heterocycles. The Morgan fingerprint density at radius 1 is 1.06 bits per heavy atom. The van der Waals surface area contributed by atoms with Crippen molar-refractivity contribution in [2.24, 2.45) is 0 Å². The van der Waals surface area contributed by atoms with Gasteiger partial charge in [0, 0.05) is 5.69 Å². The van der Waals surface area contributed by atoms with E-state index in [0.29, 0.717) is 27.3 Å². The van der Waals surface area contributed by atoms with E-state index < -0.39 is 5.69 Å². The van der Waals surface area contributed by atoms with E-state index in [2.05, 4.69) is 5.32 Å². The predicted octanol–water partition coefficient (Wildman–Crippen LogP) is 3.48. The van der Waals surface area contributed by atoms with Crippen LogP contribution in [0.25, 0.3) is 15.9 Å². The molecule has 0 aliphatic heterocycles. The lowest BCUT2D eigenvalue weighted by atomic mass is 10.1. The van der Waals surface area contributed by atoms with Crippen molar-refractivity contribution in [2.75, 3.05) is 12.4 Å². The van der Waals surface area contributed by atoms with E-state index in [1.165, 1.54) is 15.9 Å². The van der Waals surface area contributed by atoms with Crippen LogP contribution in [0.3, 0.4) is 0 Å². The second-order valence-electron chi connectivity index (χ2n) is 7.21. The van der Waals surface area contributed by atoms with Crippen LogP contribution >= 0.6 is 11.3 Å². The van der Waals surface area contributed by atoms with Crippen LogP contribution in [0.15, 0.2) is 63.5 Å². The predicted molar refractivity (Wildman–Crippen MR) is 123 cm³/mol. The topological polar surface area (TPSA) is 82.3 Å². The van der Waals surface area contributed by atoms with Gasteiger partial charge < -0.3 is 10.1 Å². The first-order valence-electron chi connectivity index (χ1n) is 9.63. The number of aromatic nitrogens is 2. The molecule has 0 bridgehead atoms. The average molecular weight is 436 g/mol. The highest BCUT2D eigenvalue weighted by Gasteiger charge is 2.18. The molecule has 0 spiro atoms. The summed E-state index contributed by atoms with van der Waals surface area (Å²) >= 11 is 1.25. The number of benzene rings is 2. The smallest absolute Gasteiger partial charge is 0.336 e. The first-order valence-corrected chi connectivity index (χ1v) is 10.5. The van der Waals surface area contributed by atoms with Crippen LogP contribution in [0.1, 0.15) is 11.1 Å². The van der Waals surface area contributed by atoms with Gasteiger partial charge in [-0.15, -0.1) is 11.3 Å². The fourth-order valence-corrected chi connectivity index (χ4v) is 4.26. The zero-order valence-electron chi connectivity index (χ0n) is 17.3. The molecule has 1 N–H and O–H groups in total. The monoisotopic (exact) mass is 435 g/mol. The molecule has 0 atom stereocenters. The fourth-order valence-electron chi connectivity index (χ4n) is 3.43. The maximum atomic E-state index is 13.4. The van der Waals surface area contributed by atoms with E-state index in [0.717, 1.165) is 15.7 Å². The summed E-state index contributed by atoms with van der Waals surface area (Å²) < 4.78 is 8.04. The summed E-state index contributed by atoms with van der Waals surface area (Å²) in [6.07, 6.45) is 0. The summed E-state index contributed by atoms with van der Waals surface area (Å²) in [7, 11) is 1.57. The molecule has 4 rings (SSSR count). The Kier molecular flexibility index (Phi) is 5.48. The van der Waals surface area contributed by atoms with Crippen molar-refractivity contribution in [1.82, 2.24) is 9.13 Å². The van der Waals surface area contributed by atoms with Crippen LogP contribution in [0.4, 0.5) is 5.69 Å². The Hall–Kier alpha value is -3.65. The summed E-state index contributed by atoms with van der Waals surface area (Å²) in [6, 6.07) is 14.2. The Morgan fingerprint density at radius 3 is 2.52 bits per heavy atom. The molecule has 0 aliphatic carbocycles. The molecule has 2 aromatic carbocycles. The lowest BCUT2D eigenvalue weighted by molar-refractivity contribution is -0.116. The number of methoxy groups -OCH3 is 1. The van der Waals surface area contributed by atoms with Gasteiger partial charge in [-0.05, 0) is 66.8 Å². The number of hydrogen-bond acceptors (Lipinski definition) is 5. The van der Waals surface area contributed by atoms with Crippen LogP contribution in [0.5, 0.6) is 5.75 Å². The number of hydrogen-bond donors (Lipinski definition) is 1. The maximum absolute atomic E-state index is 13.4. The van der Waals surface area contributed by atoms with E-state index in [4.69, 9.17) is 4.74 Å². The van der Waals surface area contributed by atoms with Crippen molar-refractivity contribution in [3.8, 4) is 11.4 Å². The minimum Gasteiger partial charge on any atom is -0.497 e. The number of rotatable bonds is 5.